The lowest BCUT2D eigenvalue weighted by Gasteiger charge is -2.16. The van der Waals surface area contributed by atoms with Crippen molar-refractivity contribution in [1.82, 2.24) is 0 Å². The Kier molecular flexibility index (Phi) is 7.69. The lowest BCUT2D eigenvalue weighted by atomic mass is 10.2. The SMILES string of the molecule is COc1ccc(S(=O)(=O)Nc2cc(Cl)ccc2Oc2ccccc2)cc1NC(=O)c1ccc(Cl)cc1. The molecule has 36 heavy (non-hydrogen) atoms. The summed E-state index contributed by atoms with van der Waals surface area (Å²) in [7, 11) is -2.70. The Morgan fingerprint density at radius 3 is 2.14 bits per heavy atom. The van der Waals surface area contributed by atoms with Crippen molar-refractivity contribution >= 4 is 50.5 Å². The third kappa shape index (κ3) is 6.09. The summed E-state index contributed by atoms with van der Waals surface area (Å²) in [5.74, 6) is 0.615. The molecule has 0 atom stereocenters. The Balaban J connectivity index is 1.63. The molecule has 4 rings (SSSR count). The van der Waals surface area contributed by atoms with E-state index in [4.69, 9.17) is 32.7 Å². The predicted molar refractivity (Wildman–Crippen MR) is 141 cm³/mol. The highest BCUT2D eigenvalue weighted by molar-refractivity contribution is 7.92. The van der Waals surface area contributed by atoms with Gasteiger partial charge < -0.3 is 14.8 Å². The standard InChI is InChI=1S/C26H20Cl2N2O5S/c1-34-24-14-12-21(16-22(24)29-26(31)17-7-9-18(27)10-8-17)36(32,33)30-23-15-19(28)11-13-25(23)35-20-5-3-2-4-6-20/h2-16,30H,1H3,(H,29,31). The minimum absolute atomic E-state index is 0.111. The van der Waals surface area contributed by atoms with Crippen LogP contribution in [0.5, 0.6) is 17.2 Å². The second kappa shape index (κ2) is 10.9. The topological polar surface area (TPSA) is 93.7 Å². The van der Waals surface area contributed by atoms with Crippen LogP contribution in [0.1, 0.15) is 10.4 Å². The Labute approximate surface area is 218 Å². The maximum atomic E-state index is 13.3. The van der Waals surface area contributed by atoms with Crippen LogP contribution in [0, 0.1) is 0 Å². The zero-order chi connectivity index (χ0) is 25.7. The number of carbonyl (C=O) groups excluding carboxylic acids is 1. The Morgan fingerprint density at radius 2 is 1.44 bits per heavy atom. The molecule has 0 bridgehead atoms. The van der Waals surface area contributed by atoms with Crippen LogP contribution in [0.15, 0.2) is 95.9 Å². The number of para-hydroxylation sites is 1. The van der Waals surface area contributed by atoms with E-state index in [-0.39, 0.29) is 27.8 Å². The molecule has 4 aromatic rings. The number of nitrogens with one attached hydrogen (secondary N) is 2. The number of carbonyl (C=O) groups is 1. The molecule has 4 aromatic carbocycles. The van der Waals surface area contributed by atoms with E-state index in [1.54, 1.807) is 60.7 Å². The van der Waals surface area contributed by atoms with Crippen molar-refractivity contribution < 1.29 is 22.7 Å². The Hall–Kier alpha value is -3.72. The maximum absolute atomic E-state index is 13.3. The molecule has 0 aliphatic heterocycles. The van der Waals surface area contributed by atoms with E-state index in [0.717, 1.165) is 0 Å². The van der Waals surface area contributed by atoms with Gasteiger partial charge in [-0.2, -0.15) is 0 Å². The maximum Gasteiger partial charge on any atom is 0.262 e. The highest BCUT2D eigenvalue weighted by Gasteiger charge is 2.20. The first-order valence-corrected chi connectivity index (χ1v) is 12.8. The van der Waals surface area contributed by atoms with Crippen molar-refractivity contribution in [1.29, 1.82) is 0 Å². The number of halogens is 2. The fourth-order valence-electron chi connectivity index (χ4n) is 3.24. The van der Waals surface area contributed by atoms with Gasteiger partial charge in [0, 0.05) is 15.6 Å². The first-order chi connectivity index (χ1) is 17.2. The van der Waals surface area contributed by atoms with Gasteiger partial charge in [0.2, 0.25) is 0 Å². The lowest BCUT2D eigenvalue weighted by molar-refractivity contribution is 0.102. The van der Waals surface area contributed by atoms with Gasteiger partial charge in [0.1, 0.15) is 11.5 Å². The molecule has 0 saturated carbocycles. The van der Waals surface area contributed by atoms with Crippen LogP contribution >= 0.6 is 23.2 Å². The zero-order valence-corrected chi connectivity index (χ0v) is 21.2. The van der Waals surface area contributed by atoms with Gasteiger partial charge in [-0.25, -0.2) is 8.42 Å². The van der Waals surface area contributed by atoms with Gasteiger partial charge in [-0.15, -0.1) is 0 Å². The third-order valence-corrected chi connectivity index (χ3v) is 6.84. The van der Waals surface area contributed by atoms with Crippen molar-refractivity contribution in [2.75, 3.05) is 17.1 Å². The number of rotatable bonds is 8. The van der Waals surface area contributed by atoms with Gasteiger partial charge in [-0.3, -0.25) is 9.52 Å². The molecule has 0 radical (unpaired) electrons. The molecule has 10 heteroatoms. The molecule has 0 aliphatic rings. The average molecular weight is 543 g/mol. The van der Waals surface area contributed by atoms with Crippen LogP contribution in [-0.2, 0) is 10.0 Å². The average Bonchev–Trinajstić information content (AvgIpc) is 2.86. The van der Waals surface area contributed by atoms with Crippen molar-refractivity contribution in [3.63, 3.8) is 0 Å². The number of benzene rings is 4. The quantitative estimate of drug-likeness (QED) is 0.254. The summed E-state index contributed by atoms with van der Waals surface area (Å²) in [6.45, 7) is 0. The number of sulfonamides is 1. The van der Waals surface area contributed by atoms with E-state index in [2.05, 4.69) is 10.0 Å². The summed E-state index contributed by atoms with van der Waals surface area (Å²) in [5.41, 5.74) is 0.663. The number of amides is 1. The van der Waals surface area contributed by atoms with Crippen LogP contribution in [0.2, 0.25) is 10.0 Å². The molecule has 2 N–H and O–H groups in total. The van der Waals surface area contributed by atoms with Crippen molar-refractivity contribution in [3.8, 4) is 17.2 Å². The van der Waals surface area contributed by atoms with Crippen molar-refractivity contribution in [2.45, 2.75) is 4.90 Å². The number of anilines is 2. The lowest BCUT2D eigenvalue weighted by Crippen LogP contribution is -2.16. The van der Waals surface area contributed by atoms with Gasteiger partial charge in [0.05, 0.1) is 23.4 Å². The fraction of sp³-hybridized carbons (Fsp3) is 0.0385. The molecule has 0 fully saturated rings. The van der Waals surface area contributed by atoms with Crippen LogP contribution in [0.4, 0.5) is 11.4 Å². The number of ether oxygens (including phenoxy) is 2. The van der Waals surface area contributed by atoms with Gasteiger partial charge in [0.15, 0.2) is 5.75 Å². The highest BCUT2D eigenvalue weighted by Crippen LogP contribution is 2.35. The van der Waals surface area contributed by atoms with Gasteiger partial charge in [-0.05, 0) is 72.8 Å². The molecule has 184 valence electrons. The summed E-state index contributed by atoms with van der Waals surface area (Å²) in [6.07, 6.45) is 0. The minimum atomic E-state index is -4.11. The largest absolute Gasteiger partial charge is 0.495 e. The second-order valence-electron chi connectivity index (χ2n) is 7.48. The van der Waals surface area contributed by atoms with Crippen LogP contribution in [0.25, 0.3) is 0 Å². The number of methoxy groups -OCH3 is 1. The van der Waals surface area contributed by atoms with Crippen molar-refractivity contribution in [2.24, 2.45) is 0 Å². The minimum Gasteiger partial charge on any atom is -0.495 e. The van der Waals surface area contributed by atoms with Gasteiger partial charge in [-0.1, -0.05) is 41.4 Å². The van der Waals surface area contributed by atoms with E-state index in [1.807, 2.05) is 6.07 Å². The second-order valence-corrected chi connectivity index (χ2v) is 10.0. The molecular formula is C26H20Cl2N2O5S. The molecule has 0 aromatic heterocycles. The summed E-state index contributed by atoms with van der Waals surface area (Å²) in [6, 6.07) is 23.9. The van der Waals surface area contributed by atoms with Gasteiger partial charge >= 0.3 is 0 Å². The van der Waals surface area contributed by atoms with E-state index in [1.165, 1.54) is 31.4 Å². The van der Waals surface area contributed by atoms with Gasteiger partial charge in [0.25, 0.3) is 15.9 Å². The normalized spacial score (nSPS) is 11.0. The van der Waals surface area contributed by atoms with Crippen LogP contribution in [-0.4, -0.2) is 21.4 Å². The molecule has 7 nitrogen and oxygen atoms in total. The summed E-state index contributed by atoms with van der Waals surface area (Å²) < 4.78 is 40.2. The summed E-state index contributed by atoms with van der Waals surface area (Å²) >= 11 is 12.0. The van der Waals surface area contributed by atoms with E-state index in [9.17, 15) is 13.2 Å². The first-order valence-electron chi connectivity index (χ1n) is 10.6. The van der Waals surface area contributed by atoms with E-state index < -0.39 is 15.9 Å². The van der Waals surface area contributed by atoms with Crippen LogP contribution < -0.4 is 19.5 Å². The van der Waals surface area contributed by atoms with E-state index in [0.29, 0.717) is 21.4 Å². The molecular weight excluding hydrogens is 523 g/mol. The Bertz CT molecular complexity index is 1500. The molecule has 0 aliphatic carbocycles. The fourth-order valence-corrected chi connectivity index (χ4v) is 4.62. The molecule has 0 heterocycles. The van der Waals surface area contributed by atoms with E-state index >= 15 is 0 Å². The predicted octanol–water partition coefficient (Wildman–Crippen LogP) is 6.85. The van der Waals surface area contributed by atoms with Crippen LogP contribution in [0.3, 0.4) is 0 Å². The molecule has 0 unspecified atom stereocenters. The zero-order valence-electron chi connectivity index (χ0n) is 18.9. The Morgan fingerprint density at radius 1 is 0.778 bits per heavy atom. The number of hydrogen-bond donors (Lipinski definition) is 2. The molecule has 1 amide bonds. The molecule has 0 saturated heterocycles. The summed E-state index contributed by atoms with van der Waals surface area (Å²) in [4.78, 5) is 12.6. The first kappa shape index (κ1) is 25.4. The smallest absolute Gasteiger partial charge is 0.262 e. The third-order valence-electron chi connectivity index (χ3n) is 4.99. The monoisotopic (exact) mass is 542 g/mol. The van der Waals surface area contributed by atoms with Crippen molar-refractivity contribution in [3.05, 3.63) is 107 Å². The number of hydrogen-bond acceptors (Lipinski definition) is 5. The molecule has 0 spiro atoms. The summed E-state index contributed by atoms with van der Waals surface area (Å²) in [5, 5.41) is 3.49. The highest BCUT2D eigenvalue weighted by atomic mass is 35.5.